The number of piperidine rings is 1. The molecule has 2 atom stereocenters. The Bertz CT molecular complexity index is 180. The van der Waals surface area contributed by atoms with E-state index in [1.54, 1.807) is 0 Å². The molecule has 0 radical (unpaired) electrons. The lowest BCUT2D eigenvalue weighted by Crippen LogP contribution is -2.43. The first-order valence-electron chi connectivity index (χ1n) is 4.79. The molecule has 2 nitrogen and oxygen atoms in total. The molecule has 0 aliphatic carbocycles. The van der Waals surface area contributed by atoms with Crippen LogP contribution in [0, 0.1) is 0 Å². The number of rotatable bonds is 0. The van der Waals surface area contributed by atoms with Gasteiger partial charge in [0.05, 0.1) is 12.2 Å². The number of fused-ring (bicyclic) bond motifs is 2. The highest BCUT2D eigenvalue weighted by atomic mass is 128. The van der Waals surface area contributed by atoms with E-state index in [9.17, 15) is 0 Å². The van der Waals surface area contributed by atoms with Gasteiger partial charge in [0, 0.05) is 49.3 Å². The number of nitrogens with zero attached hydrogens (tertiary/aromatic N) is 1. The summed E-state index contributed by atoms with van der Waals surface area (Å²) in [5, 5.41) is 0. The Hall–Kier alpha value is 1.38. The summed E-state index contributed by atoms with van der Waals surface area (Å²) in [4.78, 5) is 2.56. The third-order valence-corrected chi connectivity index (χ3v) is 3.75. The molecule has 3 heterocycles. The highest BCUT2D eigenvalue weighted by molar-refractivity contribution is 15.0. The Morgan fingerprint density at radius 2 is 1.69 bits per heavy atom. The molecular weight excluding hydrogens is 392 g/mol. The van der Waals surface area contributed by atoms with E-state index < -0.39 is 0 Å². The average Bonchev–Trinajstić information content (AvgIpc) is 2.89. The minimum absolute atomic E-state index is 0.373. The van der Waals surface area contributed by atoms with Crippen molar-refractivity contribution in [2.75, 3.05) is 13.7 Å². The maximum Gasteiger partial charge on any atom is 0.0946 e. The first kappa shape index (κ1) is 10.9. The fraction of sp³-hybridized carbons (Fsp3) is 1.00. The molecule has 0 aromatic carbocycles. The van der Waals surface area contributed by atoms with Crippen LogP contribution in [0.1, 0.15) is 25.7 Å². The summed E-state index contributed by atoms with van der Waals surface area (Å²) in [6.07, 6.45) is 5.43. The van der Waals surface area contributed by atoms with Gasteiger partial charge in [0.25, 0.3) is 0 Å². The smallest absolute Gasteiger partial charge is 0.0946 e. The average molecular weight is 407 g/mol. The van der Waals surface area contributed by atoms with Crippen LogP contribution in [-0.2, 0) is 4.74 Å². The van der Waals surface area contributed by atoms with Crippen LogP contribution < -0.4 is 0 Å². The zero-order valence-electron chi connectivity index (χ0n) is 7.80. The molecule has 0 N–H and O–H groups in total. The Balaban J connectivity index is 0.000000308. The lowest BCUT2D eigenvalue weighted by Gasteiger charge is -2.34. The lowest BCUT2D eigenvalue weighted by atomic mass is 9.92. The molecule has 3 rings (SSSR count). The highest BCUT2D eigenvalue weighted by Crippen LogP contribution is 2.47. The fourth-order valence-corrected chi connectivity index (χ4v) is 2.86. The second kappa shape index (κ2) is 4.09. The zero-order valence-corrected chi connectivity index (χ0v) is 12.1. The first-order chi connectivity index (χ1) is 6.29. The molecule has 0 aromatic rings. The summed E-state index contributed by atoms with van der Waals surface area (Å²) >= 11 is 4.24. The first-order valence-corrected chi connectivity index (χ1v) is 11.1. The van der Waals surface area contributed by atoms with E-state index in [-0.39, 0.29) is 0 Å². The fourth-order valence-electron chi connectivity index (χ4n) is 2.86. The molecule has 3 fully saturated rings. The number of ether oxygens (including phenoxy) is 1. The number of hydrogen-bond donors (Lipinski definition) is 0. The van der Waals surface area contributed by atoms with Gasteiger partial charge >= 0.3 is 0 Å². The van der Waals surface area contributed by atoms with E-state index in [0.717, 1.165) is 18.7 Å². The summed E-state index contributed by atoms with van der Waals surface area (Å²) in [6, 6.07) is 1.69. The number of halogens is 2. The standard InChI is InChI=1S/C9H15NO.I2/c1-10-7-2-3-8(10)5-9(4-7)6-11-9;1-2/h7-8H,2-6H2,1H3;. The summed E-state index contributed by atoms with van der Waals surface area (Å²) in [7, 11) is 2.28. The van der Waals surface area contributed by atoms with Crippen LogP contribution >= 0.6 is 37.2 Å². The van der Waals surface area contributed by atoms with Gasteiger partial charge in [-0.2, -0.15) is 0 Å². The van der Waals surface area contributed by atoms with E-state index in [4.69, 9.17) is 4.74 Å². The molecule has 2 bridgehead atoms. The second-order valence-corrected chi connectivity index (χ2v) is 4.43. The van der Waals surface area contributed by atoms with Gasteiger partial charge in [-0.3, -0.25) is 0 Å². The molecule has 76 valence electrons. The topological polar surface area (TPSA) is 15.8 Å². The van der Waals surface area contributed by atoms with Crippen LogP contribution in [0.25, 0.3) is 0 Å². The molecule has 4 heteroatoms. The van der Waals surface area contributed by atoms with Crippen molar-refractivity contribution in [3.63, 3.8) is 0 Å². The number of hydrogen-bond acceptors (Lipinski definition) is 2. The Morgan fingerprint density at radius 1 is 1.23 bits per heavy atom. The monoisotopic (exact) mass is 407 g/mol. The largest absolute Gasteiger partial charge is 0.369 e. The molecule has 3 aliphatic heterocycles. The quantitative estimate of drug-likeness (QED) is 0.454. The summed E-state index contributed by atoms with van der Waals surface area (Å²) in [5.41, 5.74) is 0.373. The molecule has 1 spiro atoms. The van der Waals surface area contributed by atoms with Gasteiger partial charge in [0.2, 0.25) is 0 Å². The summed E-state index contributed by atoms with van der Waals surface area (Å²) in [5.74, 6) is 0. The molecule has 13 heavy (non-hydrogen) atoms. The van der Waals surface area contributed by atoms with Gasteiger partial charge in [-0.25, -0.2) is 0 Å². The van der Waals surface area contributed by atoms with Gasteiger partial charge in [-0.05, 0) is 32.7 Å². The maximum atomic E-state index is 5.54. The van der Waals surface area contributed by atoms with Crippen molar-refractivity contribution in [2.24, 2.45) is 0 Å². The van der Waals surface area contributed by atoms with Gasteiger partial charge in [0.15, 0.2) is 0 Å². The lowest BCUT2D eigenvalue weighted by molar-refractivity contribution is 0.104. The van der Waals surface area contributed by atoms with Gasteiger partial charge in [-0.15, -0.1) is 0 Å². The minimum atomic E-state index is 0.373. The normalized spacial score (nSPS) is 47.3. The molecular formula is C9H15I2NO. The van der Waals surface area contributed by atoms with Crippen molar-refractivity contribution in [1.29, 1.82) is 0 Å². The van der Waals surface area contributed by atoms with Crippen molar-refractivity contribution < 1.29 is 4.74 Å². The molecule has 0 amide bonds. The van der Waals surface area contributed by atoms with Gasteiger partial charge < -0.3 is 9.64 Å². The predicted octanol–water partition coefficient (Wildman–Crippen LogP) is 2.78. The van der Waals surface area contributed by atoms with Crippen molar-refractivity contribution in [3.8, 4) is 0 Å². The molecule has 0 saturated carbocycles. The van der Waals surface area contributed by atoms with Crippen molar-refractivity contribution >= 4 is 37.2 Å². The van der Waals surface area contributed by atoms with Crippen LogP contribution in [0.4, 0.5) is 0 Å². The molecule has 3 aliphatic rings. The van der Waals surface area contributed by atoms with E-state index in [2.05, 4.69) is 49.2 Å². The highest BCUT2D eigenvalue weighted by Gasteiger charge is 2.54. The van der Waals surface area contributed by atoms with Crippen molar-refractivity contribution in [2.45, 2.75) is 43.4 Å². The van der Waals surface area contributed by atoms with Gasteiger partial charge in [0.1, 0.15) is 0 Å². The molecule has 2 unspecified atom stereocenters. The summed E-state index contributed by atoms with van der Waals surface area (Å²) in [6.45, 7) is 1.05. The minimum Gasteiger partial charge on any atom is -0.369 e. The van der Waals surface area contributed by atoms with Gasteiger partial charge in [-0.1, -0.05) is 0 Å². The third kappa shape index (κ3) is 2.01. The molecule has 0 aromatic heterocycles. The second-order valence-electron chi connectivity index (χ2n) is 4.43. The molecule has 3 saturated heterocycles. The Labute approximate surface area is 103 Å². The Morgan fingerprint density at radius 3 is 2.08 bits per heavy atom. The predicted molar refractivity (Wildman–Crippen MR) is 70.5 cm³/mol. The van der Waals surface area contributed by atoms with E-state index in [0.29, 0.717) is 5.60 Å². The van der Waals surface area contributed by atoms with E-state index >= 15 is 0 Å². The van der Waals surface area contributed by atoms with Crippen LogP contribution in [0.2, 0.25) is 0 Å². The Kier molecular flexibility index (Phi) is 3.43. The zero-order chi connectivity index (χ0) is 9.47. The van der Waals surface area contributed by atoms with Crippen LogP contribution in [-0.4, -0.2) is 36.2 Å². The van der Waals surface area contributed by atoms with Crippen molar-refractivity contribution in [3.05, 3.63) is 0 Å². The third-order valence-electron chi connectivity index (χ3n) is 3.75. The van der Waals surface area contributed by atoms with Crippen LogP contribution in [0.5, 0.6) is 0 Å². The van der Waals surface area contributed by atoms with Crippen LogP contribution in [0.3, 0.4) is 0 Å². The number of epoxide rings is 1. The summed E-state index contributed by atoms with van der Waals surface area (Å²) < 4.78 is 5.54. The van der Waals surface area contributed by atoms with E-state index in [1.807, 2.05) is 0 Å². The van der Waals surface area contributed by atoms with Crippen LogP contribution in [0.15, 0.2) is 0 Å². The SMILES string of the molecule is CN1C2CCC1CC1(CO1)C2.II. The van der Waals surface area contributed by atoms with Crippen molar-refractivity contribution in [1.82, 2.24) is 4.90 Å². The maximum absolute atomic E-state index is 5.54. The van der Waals surface area contributed by atoms with E-state index in [1.165, 1.54) is 25.7 Å².